The molecule has 0 atom stereocenters. The monoisotopic (exact) mass is 392 g/mol. The van der Waals surface area contributed by atoms with E-state index in [1.165, 1.54) is 0 Å². The number of ether oxygens (including phenoxy) is 2. The van der Waals surface area contributed by atoms with Gasteiger partial charge in [-0.3, -0.25) is 9.69 Å². The number of likely N-dealkylation sites (N-methyl/N-ethyl adjacent to an activating group) is 1. The molecule has 0 radical (unpaired) electrons. The number of benzene rings is 2. The van der Waals surface area contributed by atoms with Crippen molar-refractivity contribution in [3.05, 3.63) is 52.5 Å². The van der Waals surface area contributed by atoms with E-state index in [2.05, 4.69) is 21.2 Å². The van der Waals surface area contributed by atoms with E-state index >= 15 is 0 Å². The normalized spacial score (nSPS) is 10.5. The Balaban J connectivity index is 1.91. The Morgan fingerprint density at radius 1 is 1.08 bits per heavy atom. The Labute approximate surface area is 150 Å². The SMILES string of the molecule is COc1ccc(NC(=O)CN(C)Cc2ccc(Br)cc2)cc1OC. The molecule has 0 aliphatic rings. The average Bonchev–Trinajstić information content (AvgIpc) is 2.56. The molecule has 5 nitrogen and oxygen atoms in total. The zero-order valence-electron chi connectivity index (χ0n) is 14.0. The molecule has 24 heavy (non-hydrogen) atoms. The summed E-state index contributed by atoms with van der Waals surface area (Å²) in [6.45, 7) is 0.997. The lowest BCUT2D eigenvalue weighted by Gasteiger charge is -2.17. The fourth-order valence-electron chi connectivity index (χ4n) is 2.32. The molecule has 1 amide bonds. The van der Waals surface area contributed by atoms with E-state index in [0.717, 1.165) is 10.0 Å². The van der Waals surface area contributed by atoms with Crippen molar-refractivity contribution in [2.45, 2.75) is 6.54 Å². The number of hydrogen-bond acceptors (Lipinski definition) is 4. The van der Waals surface area contributed by atoms with Crippen molar-refractivity contribution in [3.8, 4) is 11.5 Å². The molecule has 0 aromatic heterocycles. The van der Waals surface area contributed by atoms with Crippen molar-refractivity contribution in [2.24, 2.45) is 0 Å². The molecule has 0 saturated heterocycles. The Kier molecular flexibility index (Phi) is 6.63. The fourth-order valence-corrected chi connectivity index (χ4v) is 2.58. The van der Waals surface area contributed by atoms with E-state index < -0.39 is 0 Å². The van der Waals surface area contributed by atoms with Gasteiger partial charge in [-0.15, -0.1) is 0 Å². The number of rotatable bonds is 7. The summed E-state index contributed by atoms with van der Waals surface area (Å²) in [6, 6.07) is 13.3. The van der Waals surface area contributed by atoms with Gasteiger partial charge >= 0.3 is 0 Å². The lowest BCUT2D eigenvalue weighted by molar-refractivity contribution is -0.117. The molecule has 0 aliphatic carbocycles. The van der Waals surface area contributed by atoms with Crippen LogP contribution in [0.25, 0.3) is 0 Å². The summed E-state index contributed by atoms with van der Waals surface area (Å²) in [6.07, 6.45) is 0. The maximum absolute atomic E-state index is 12.2. The second kappa shape index (κ2) is 8.70. The number of nitrogens with one attached hydrogen (secondary N) is 1. The Morgan fingerprint density at radius 2 is 1.75 bits per heavy atom. The van der Waals surface area contributed by atoms with Crippen LogP contribution in [-0.2, 0) is 11.3 Å². The second-order valence-electron chi connectivity index (χ2n) is 5.42. The number of anilines is 1. The summed E-state index contributed by atoms with van der Waals surface area (Å²) in [5, 5.41) is 2.87. The van der Waals surface area contributed by atoms with Gasteiger partial charge in [0, 0.05) is 22.8 Å². The summed E-state index contributed by atoms with van der Waals surface area (Å²) in [5.41, 5.74) is 1.83. The number of carbonyl (C=O) groups excluding carboxylic acids is 1. The van der Waals surface area contributed by atoms with Crippen LogP contribution in [0.1, 0.15) is 5.56 Å². The van der Waals surface area contributed by atoms with Crippen LogP contribution in [0, 0.1) is 0 Å². The van der Waals surface area contributed by atoms with Crippen molar-refractivity contribution >= 4 is 27.5 Å². The molecule has 128 valence electrons. The van der Waals surface area contributed by atoms with Crippen LogP contribution in [0.5, 0.6) is 11.5 Å². The molecule has 0 saturated carbocycles. The molecule has 0 aliphatic heterocycles. The van der Waals surface area contributed by atoms with Crippen LogP contribution in [0.15, 0.2) is 46.9 Å². The topological polar surface area (TPSA) is 50.8 Å². The third-order valence-corrected chi connectivity index (χ3v) is 3.98. The number of carbonyl (C=O) groups is 1. The highest BCUT2D eigenvalue weighted by Gasteiger charge is 2.10. The van der Waals surface area contributed by atoms with Gasteiger partial charge in [0.05, 0.1) is 20.8 Å². The van der Waals surface area contributed by atoms with Crippen molar-refractivity contribution in [1.82, 2.24) is 4.90 Å². The lowest BCUT2D eigenvalue weighted by atomic mass is 10.2. The Bertz CT molecular complexity index is 689. The van der Waals surface area contributed by atoms with Crippen LogP contribution >= 0.6 is 15.9 Å². The van der Waals surface area contributed by atoms with Crippen molar-refractivity contribution in [1.29, 1.82) is 0 Å². The molecule has 0 unspecified atom stereocenters. The zero-order chi connectivity index (χ0) is 17.5. The molecule has 2 rings (SSSR count). The minimum Gasteiger partial charge on any atom is -0.493 e. The molecule has 6 heteroatoms. The highest BCUT2D eigenvalue weighted by atomic mass is 79.9. The van der Waals surface area contributed by atoms with Gasteiger partial charge in [-0.2, -0.15) is 0 Å². The average molecular weight is 393 g/mol. The number of amides is 1. The van der Waals surface area contributed by atoms with Crippen LogP contribution in [0.2, 0.25) is 0 Å². The molecule has 2 aromatic rings. The van der Waals surface area contributed by atoms with E-state index in [1.54, 1.807) is 32.4 Å². The third-order valence-electron chi connectivity index (χ3n) is 3.45. The lowest BCUT2D eigenvalue weighted by Crippen LogP contribution is -2.29. The van der Waals surface area contributed by atoms with Gasteiger partial charge in [-0.05, 0) is 36.9 Å². The summed E-state index contributed by atoms with van der Waals surface area (Å²) in [4.78, 5) is 14.1. The first-order valence-electron chi connectivity index (χ1n) is 7.46. The van der Waals surface area contributed by atoms with E-state index in [0.29, 0.717) is 30.3 Å². The van der Waals surface area contributed by atoms with Crippen molar-refractivity contribution in [2.75, 3.05) is 33.1 Å². The van der Waals surface area contributed by atoms with Crippen molar-refractivity contribution in [3.63, 3.8) is 0 Å². The Hall–Kier alpha value is -2.05. The largest absolute Gasteiger partial charge is 0.493 e. The molecule has 0 fully saturated rings. The quantitative estimate of drug-likeness (QED) is 0.782. The molecule has 0 heterocycles. The van der Waals surface area contributed by atoms with E-state index in [1.807, 2.05) is 36.2 Å². The standard InChI is InChI=1S/C18H21BrN2O3/c1-21(11-13-4-6-14(19)7-5-13)12-18(22)20-15-8-9-16(23-2)17(10-15)24-3/h4-10H,11-12H2,1-3H3,(H,20,22). The minimum absolute atomic E-state index is 0.0816. The first-order valence-corrected chi connectivity index (χ1v) is 8.26. The predicted molar refractivity (Wildman–Crippen MR) is 98.7 cm³/mol. The number of halogens is 1. The van der Waals surface area contributed by atoms with Crippen LogP contribution in [0.3, 0.4) is 0 Å². The minimum atomic E-state index is -0.0816. The molecular weight excluding hydrogens is 372 g/mol. The zero-order valence-corrected chi connectivity index (χ0v) is 15.6. The molecule has 2 aromatic carbocycles. The summed E-state index contributed by atoms with van der Waals surface area (Å²) in [5.74, 6) is 1.13. The van der Waals surface area contributed by atoms with E-state index in [-0.39, 0.29) is 5.91 Å². The van der Waals surface area contributed by atoms with Crippen LogP contribution in [0.4, 0.5) is 5.69 Å². The molecular formula is C18H21BrN2O3. The van der Waals surface area contributed by atoms with E-state index in [4.69, 9.17) is 9.47 Å². The predicted octanol–water partition coefficient (Wildman–Crippen LogP) is 3.54. The summed E-state index contributed by atoms with van der Waals surface area (Å²) < 4.78 is 11.5. The fraction of sp³-hybridized carbons (Fsp3) is 0.278. The second-order valence-corrected chi connectivity index (χ2v) is 6.33. The number of methoxy groups -OCH3 is 2. The number of nitrogens with zero attached hydrogens (tertiary/aromatic N) is 1. The Morgan fingerprint density at radius 3 is 2.38 bits per heavy atom. The highest BCUT2D eigenvalue weighted by molar-refractivity contribution is 9.10. The van der Waals surface area contributed by atoms with Gasteiger partial charge in [0.2, 0.25) is 5.91 Å². The van der Waals surface area contributed by atoms with Gasteiger partial charge < -0.3 is 14.8 Å². The van der Waals surface area contributed by atoms with Gasteiger partial charge in [-0.25, -0.2) is 0 Å². The third kappa shape index (κ3) is 5.25. The van der Waals surface area contributed by atoms with Gasteiger partial charge in [-0.1, -0.05) is 28.1 Å². The maximum Gasteiger partial charge on any atom is 0.238 e. The maximum atomic E-state index is 12.2. The van der Waals surface area contributed by atoms with E-state index in [9.17, 15) is 4.79 Å². The smallest absolute Gasteiger partial charge is 0.238 e. The molecule has 0 bridgehead atoms. The van der Waals surface area contributed by atoms with Crippen LogP contribution in [-0.4, -0.2) is 38.6 Å². The summed E-state index contributed by atoms with van der Waals surface area (Å²) in [7, 11) is 5.05. The highest BCUT2D eigenvalue weighted by Crippen LogP contribution is 2.29. The van der Waals surface area contributed by atoms with Crippen LogP contribution < -0.4 is 14.8 Å². The van der Waals surface area contributed by atoms with Gasteiger partial charge in [0.25, 0.3) is 0 Å². The first kappa shape index (κ1) is 18.3. The van der Waals surface area contributed by atoms with Crippen molar-refractivity contribution < 1.29 is 14.3 Å². The summed E-state index contributed by atoms with van der Waals surface area (Å²) >= 11 is 3.41. The van der Waals surface area contributed by atoms with Gasteiger partial charge in [0.1, 0.15) is 0 Å². The first-order chi connectivity index (χ1) is 11.5. The molecule has 1 N–H and O–H groups in total. The molecule has 0 spiro atoms. The van der Waals surface area contributed by atoms with Gasteiger partial charge in [0.15, 0.2) is 11.5 Å². The number of hydrogen-bond donors (Lipinski definition) is 1.